The van der Waals surface area contributed by atoms with Crippen molar-refractivity contribution in [3.63, 3.8) is 0 Å². The van der Waals surface area contributed by atoms with Crippen molar-refractivity contribution in [2.45, 2.75) is 19.3 Å². The van der Waals surface area contributed by atoms with Gasteiger partial charge in [-0.05, 0) is 35.4 Å². The minimum atomic E-state index is -4.58. The van der Waals surface area contributed by atoms with E-state index >= 15 is 0 Å². The topological polar surface area (TPSA) is 127 Å². The molecule has 2 aromatic rings. The first kappa shape index (κ1) is 19.2. The van der Waals surface area contributed by atoms with Gasteiger partial charge >= 0.3 is 20.8 Å². The van der Waals surface area contributed by atoms with Crippen molar-refractivity contribution in [3.8, 4) is 11.5 Å². The molecule has 0 unspecified atom stereocenters. The van der Waals surface area contributed by atoms with Crippen LogP contribution in [0.15, 0.2) is 48.5 Å². The zero-order valence-electron chi connectivity index (χ0n) is 13.3. The van der Waals surface area contributed by atoms with E-state index in [1.165, 1.54) is 24.3 Å². The summed E-state index contributed by atoms with van der Waals surface area (Å²) < 4.78 is 68.8. The number of rotatable bonds is 6. The van der Waals surface area contributed by atoms with E-state index in [9.17, 15) is 16.8 Å². The van der Waals surface area contributed by atoms with Crippen molar-refractivity contribution in [2.75, 3.05) is 0 Å². The van der Waals surface area contributed by atoms with E-state index in [0.717, 1.165) is 11.1 Å². The average molecular weight is 400 g/mol. The summed E-state index contributed by atoms with van der Waals surface area (Å²) in [5.41, 5.74) is 1.13. The van der Waals surface area contributed by atoms with Crippen LogP contribution in [0.25, 0.3) is 0 Å². The van der Waals surface area contributed by atoms with Gasteiger partial charge in [0.2, 0.25) is 0 Å². The quantitative estimate of drug-likeness (QED) is 0.708. The van der Waals surface area contributed by atoms with Crippen molar-refractivity contribution in [3.05, 3.63) is 59.7 Å². The summed E-state index contributed by atoms with van der Waals surface area (Å²) in [4.78, 5) is 0. The molecule has 0 radical (unpaired) electrons. The molecule has 0 saturated heterocycles. The van der Waals surface area contributed by atoms with Crippen molar-refractivity contribution in [1.82, 2.24) is 0 Å². The zero-order chi connectivity index (χ0) is 18.9. The van der Waals surface area contributed by atoms with Crippen LogP contribution in [0.5, 0.6) is 11.5 Å². The highest BCUT2D eigenvalue weighted by Crippen LogP contribution is 2.33. The lowest BCUT2D eigenvalue weighted by Gasteiger charge is -2.26. The van der Waals surface area contributed by atoms with Gasteiger partial charge in [-0.25, -0.2) is 0 Å². The van der Waals surface area contributed by atoms with E-state index in [-0.39, 0.29) is 11.5 Å². The first-order chi connectivity index (χ1) is 11.4. The molecule has 0 heterocycles. The summed E-state index contributed by atoms with van der Waals surface area (Å²) in [5.74, 6) is -0.0575. The Labute approximate surface area is 145 Å². The van der Waals surface area contributed by atoms with Crippen molar-refractivity contribution in [1.29, 1.82) is 0 Å². The molecule has 0 aliphatic rings. The van der Waals surface area contributed by atoms with Gasteiger partial charge in [0, 0.05) is 5.41 Å². The highest BCUT2D eigenvalue weighted by Gasteiger charge is 2.23. The molecule has 2 rings (SSSR count). The first-order valence-corrected chi connectivity index (χ1v) is 9.65. The average Bonchev–Trinajstić information content (AvgIpc) is 2.45. The first-order valence-electron chi connectivity index (χ1n) is 6.92. The van der Waals surface area contributed by atoms with E-state index in [2.05, 4.69) is 8.37 Å². The molecule has 8 nitrogen and oxygen atoms in total. The van der Waals surface area contributed by atoms with Gasteiger partial charge in [-0.15, -0.1) is 0 Å². The van der Waals surface area contributed by atoms with Crippen LogP contribution in [0.2, 0.25) is 0 Å². The maximum Gasteiger partial charge on any atom is 0.446 e. The molecule has 0 amide bonds. The SMILES string of the molecule is CC(C)([13c]1[13cH][13cH][13c](OS(=O)(=O)O)[13cH][13cH]1)[13c]1[13cH][13cH][13c](OS(=O)(=O)O)[13cH][13cH]1. The monoisotopic (exact) mass is 400 g/mol. The molecule has 2 N–H and O–H groups in total. The van der Waals surface area contributed by atoms with Crippen molar-refractivity contribution < 1.29 is 34.3 Å². The molecule has 0 aliphatic heterocycles. The second kappa shape index (κ2) is 6.64. The molecule has 0 spiro atoms. The third kappa shape index (κ3) is 5.43. The fourth-order valence-electron chi connectivity index (χ4n) is 2.26. The fourth-order valence-corrected chi connectivity index (χ4v) is 2.97. The summed E-state index contributed by atoms with van der Waals surface area (Å²) >= 11 is 0. The van der Waals surface area contributed by atoms with Crippen LogP contribution in [-0.4, -0.2) is 25.9 Å². The lowest BCUT2D eigenvalue weighted by molar-refractivity contribution is 0.384. The Hall–Kier alpha value is -2.14. The van der Waals surface area contributed by atoms with Gasteiger partial charge in [0.25, 0.3) is 0 Å². The summed E-state index contributed by atoms with van der Waals surface area (Å²) in [6.07, 6.45) is 0. The fraction of sp³-hybridized carbons (Fsp3) is 0.200. The third-order valence-electron chi connectivity index (χ3n) is 3.56. The van der Waals surface area contributed by atoms with Gasteiger partial charge < -0.3 is 8.37 Å². The highest BCUT2D eigenvalue weighted by atomic mass is 32.3. The van der Waals surface area contributed by atoms with Gasteiger partial charge in [0.15, 0.2) is 0 Å². The predicted molar refractivity (Wildman–Crippen MR) is 89.4 cm³/mol. The third-order valence-corrected chi connectivity index (χ3v) is 4.36. The van der Waals surface area contributed by atoms with Crippen LogP contribution in [0.3, 0.4) is 0 Å². The van der Waals surface area contributed by atoms with E-state index in [4.69, 9.17) is 9.11 Å². The highest BCUT2D eigenvalue weighted by molar-refractivity contribution is 7.81. The Kier molecular flexibility index (Phi) is 5.09. The lowest BCUT2D eigenvalue weighted by Crippen LogP contribution is -2.19. The molecule has 0 fully saturated rings. The molecule has 0 atom stereocenters. The molecule has 0 aromatic heterocycles. The second-order valence-corrected chi connectivity index (χ2v) is 7.74. The van der Waals surface area contributed by atoms with E-state index < -0.39 is 26.2 Å². The van der Waals surface area contributed by atoms with Crippen molar-refractivity contribution >= 4 is 20.8 Å². The molecule has 0 aliphatic carbocycles. The Morgan fingerprint density at radius 3 is 1.20 bits per heavy atom. The Balaban J connectivity index is 2.25. The molecular formula is C15H16O8S2. The van der Waals surface area contributed by atoms with Crippen LogP contribution in [0.4, 0.5) is 0 Å². The Morgan fingerprint density at radius 1 is 0.680 bits per heavy atom. The normalized spacial score (nSPS) is 12.6. The second-order valence-electron chi connectivity index (χ2n) is 5.70. The maximum atomic E-state index is 10.7. The molecule has 136 valence electrons. The van der Waals surface area contributed by atoms with Crippen LogP contribution < -0.4 is 8.37 Å². The molecule has 10 heteroatoms. The smallest absolute Gasteiger partial charge is 0.362 e. The van der Waals surface area contributed by atoms with E-state index in [1.807, 2.05) is 13.8 Å². The van der Waals surface area contributed by atoms with Crippen LogP contribution in [0.1, 0.15) is 25.0 Å². The Morgan fingerprint density at radius 2 is 0.960 bits per heavy atom. The summed E-state index contributed by atoms with van der Waals surface area (Å²) in [6.45, 7) is 3.81. The molecule has 2 aromatic carbocycles. The molecule has 0 saturated carbocycles. The number of benzene rings is 2. The lowest BCUT2D eigenvalue weighted by atomic mass is 10.1. The molecule has 0 bridgehead atoms. The predicted octanol–water partition coefficient (Wildman–Crippen LogP) is 2.38. The largest absolute Gasteiger partial charge is 0.446 e. The molecule has 25 heavy (non-hydrogen) atoms. The maximum absolute atomic E-state index is 10.7. The van der Waals surface area contributed by atoms with Crippen LogP contribution >= 0.6 is 0 Å². The van der Waals surface area contributed by atoms with Gasteiger partial charge in [0.1, 0.15) is 11.5 Å². The van der Waals surface area contributed by atoms with Crippen molar-refractivity contribution in [2.24, 2.45) is 0 Å². The van der Waals surface area contributed by atoms with Gasteiger partial charge in [-0.2, -0.15) is 16.8 Å². The minimum Gasteiger partial charge on any atom is -0.362 e. The summed E-state index contributed by atoms with van der Waals surface area (Å²) in [6, 6.07) is 12.2. The van der Waals surface area contributed by atoms with Crippen LogP contribution in [0, 0.1) is 0 Å². The standard InChI is InChI=1S/C15H16O8S2/c1-15(2,11-3-7-13(8-4-11)22-24(16,17)18)12-5-9-14(10-6-12)23-25(19,20)21/h3-10H,1-2H3,(H,16,17,18)(H,19,20,21)/i3+1,4+1,5+1,6+1,7+1,8+1,9+1,10+1,11+1,12+1,13+1,14+1. The van der Waals surface area contributed by atoms with Gasteiger partial charge in [-0.1, -0.05) is 38.1 Å². The summed E-state index contributed by atoms with van der Waals surface area (Å²) in [7, 11) is -9.16. The van der Waals surface area contributed by atoms with Crippen LogP contribution in [-0.2, 0) is 26.2 Å². The zero-order valence-corrected chi connectivity index (χ0v) is 14.9. The number of hydrogen-bond donors (Lipinski definition) is 2. The number of hydrogen-bond acceptors (Lipinski definition) is 6. The van der Waals surface area contributed by atoms with Gasteiger partial charge in [0.05, 0.1) is 0 Å². The van der Waals surface area contributed by atoms with Gasteiger partial charge in [-0.3, -0.25) is 9.11 Å². The minimum absolute atomic E-state index is 0.0287. The summed E-state index contributed by atoms with van der Waals surface area (Å²) in [5, 5.41) is 0. The molecular weight excluding hydrogens is 384 g/mol. The van der Waals surface area contributed by atoms with E-state index in [0.29, 0.717) is 0 Å². The Bertz CT molecular complexity index is 864. The van der Waals surface area contributed by atoms with E-state index in [1.54, 1.807) is 24.3 Å².